The van der Waals surface area contributed by atoms with Crippen molar-refractivity contribution in [3.05, 3.63) is 35.8 Å². The molecule has 2 aromatic rings. The summed E-state index contributed by atoms with van der Waals surface area (Å²) in [5.41, 5.74) is 0.863. The van der Waals surface area contributed by atoms with Crippen molar-refractivity contribution >= 4 is 38.6 Å². The molecule has 0 aliphatic rings. The molecule has 0 aliphatic heterocycles. The standard InChI is InChI=1S/C12H9BrFNO3/c13-9(4-11(16)17)12(18)8-5-15-10-3-6(14)1-2-7(8)10/h1-3,5,9,15H,4H2,(H,16,17). The Morgan fingerprint density at radius 2 is 2.17 bits per heavy atom. The summed E-state index contributed by atoms with van der Waals surface area (Å²) < 4.78 is 13.0. The Bertz CT molecular complexity index is 623. The SMILES string of the molecule is O=C(O)CC(Br)C(=O)c1c[nH]c2cc(F)ccc12. The average molecular weight is 314 g/mol. The van der Waals surface area contributed by atoms with Gasteiger partial charge in [0.25, 0.3) is 0 Å². The molecular weight excluding hydrogens is 305 g/mol. The highest BCUT2D eigenvalue weighted by Gasteiger charge is 2.22. The molecule has 0 amide bonds. The first-order chi connectivity index (χ1) is 8.49. The third-order valence-corrected chi connectivity index (χ3v) is 3.29. The highest BCUT2D eigenvalue weighted by atomic mass is 79.9. The van der Waals surface area contributed by atoms with E-state index >= 15 is 0 Å². The molecule has 1 unspecified atom stereocenters. The highest BCUT2D eigenvalue weighted by molar-refractivity contribution is 9.10. The lowest BCUT2D eigenvalue weighted by Gasteiger charge is -2.04. The second-order valence-electron chi connectivity index (χ2n) is 3.82. The summed E-state index contributed by atoms with van der Waals surface area (Å²) in [5.74, 6) is -1.80. The fraction of sp³-hybridized carbons (Fsp3) is 0.167. The summed E-state index contributed by atoms with van der Waals surface area (Å²) >= 11 is 3.05. The molecule has 0 saturated heterocycles. The molecule has 0 aliphatic carbocycles. The van der Waals surface area contributed by atoms with Gasteiger partial charge in [-0.1, -0.05) is 15.9 Å². The predicted molar refractivity (Wildman–Crippen MR) is 67.6 cm³/mol. The van der Waals surface area contributed by atoms with Crippen LogP contribution < -0.4 is 0 Å². The molecule has 0 saturated carbocycles. The van der Waals surface area contributed by atoms with E-state index < -0.39 is 16.6 Å². The van der Waals surface area contributed by atoms with E-state index in [1.165, 1.54) is 24.4 Å². The van der Waals surface area contributed by atoms with Gasteiger partial charge in [-0.2, -0.15) is 0 Å². The maximum atomic E-state index is 13.0. The van der Waals surface area contributed by atoms with E-state index in [0.29, 0.717) is 16.5 Å². The Morgan fingerprint density at radius 1 is 1.44 bits per heavy atom. The van der Waals surface area contributed by atoms with Gasteiger partial charge >= 0.3 is 5.97 Å². The fourth-order valence-electron chi connectivity index (χ4n) is 1.72. The van der Waals surface area contributed by atoms with Crippen LogP contribution in [0, 0.1) is 5.82 Å². The quantitative estimate of drug-likeness (QED) is 0.673. The zero-order valence-electron chi connectivity index (χ0n) is 9.11. The number of ketones is 1. The molecule has 1 aromatic heterocycles. The van der Waals surface area contributed by atoms with Gasteiger partial charge in [0.2, 0.25) is 0 Å². The van der Waals surface area contributed by atoms with Crippen molar-refractivity contribution in [2.45, 2.75) is 11.2 Å². The topological polar surface area (TPSA) is 70.2 Å². The number of carbonyl (C=O) groups is 2. The molecule has 0 bridgehead atoms. The van der Waals surface area contributed by atoms with Gasteiger partial charge in [0.1, 0.15) is 5.82 Å². The van der Waals surface area contributed by atoms with Gasteiger partial charge in [-0.3, -0.25) is 9.59 Å². The Morgan fingerprint density at radius 3 is 2.83 bits per heavy atom. The summed E-state index contributed by atoms with van der Waals surface area (Å²) in [6.07, 6.45) is 1.16. The molecule has 1 aromatic carbocycles. The number of carboxylic acid groups (broad SMARTS) is 1. The van der Waals surface area contributed by atoms with Gasteiger partial charge in [0, 0.05) is 22.7 Å². The molecule has 2 rings (SSSR count). The molecule has 6 heteroatoms. The van der Waals surface area contributed by atoms with Crippen molar-refractivity contribution in [1.29, 1.82) is 0 Å². The minimum Gasteiger partial charge on any atom is -0.481 e. The number of halogens is 2. The van der Waals surface area contributed by atoms with Crippen molar-refractivity contribution < 1.29 is 19.1 Å². The van der Waals surface area contributed by atoms with Gasteiger partial charge < -0.3 is 10.1 Å². The van der Waals surface area contributed by atoms with Gasteiger partial charge in [0.05, 0.1) is 11.2 Å². The number of fused-ring (bicyclic) bond motifs is 1. The van der Waals surface area contributed by atoms with Crippen LogP contribution in [0.25, 0.3) is 10.9 Å². The summed E-state index contributed by atoms with van der Waals surface area (Å²) in [5, 5.41) is 9.22. The highest BCUT2D eigenvalue weighted by Crippen LogP contribution is 2.23. The van der Waals surface area contributed by atoms with Gasteiger partial charge in [-0.05, 0) is 18.2 Å². The molecule has 18 heavy (non-hydrogen) atoms. The molecule has 2 N–H and O–H groups in total. The number of hydrogen-bond donors (Lipinski definition) is 2. The molecule has 0 spiro atoms. The van der Waals surface area contributed by atoms with Crippen LogP contribution in [-0.4, -0.2) is 26.7 Å². The number of carboxylic acids is 1. The Kier molecular flexibility index (Phi) is 3.47. The largest absolute Gasteiger partial charge is 0.481 e. The first kappa shape index (κ1) is 12.8. The zero-order chi connectivity index (χ0) is 13.3. The van der Waals surface area contributed by atoms with Crippen molar-refractivity contribution in [2.24, 2.45) is 0 Å². The smallest absolute Gasteiger partial charge is 0.304 e. The van der Waals surface area contributed by atoms with E-state index in [9.17, 15) is 14.0 Å². The maximum absolute atomic E-state index is 13.0. The van der Waals surface area contributed by atoms with Crippen molar-refractivity contribution in [3.63, 3.8) is 0 Å². The number of H-pyrrole nitrogens is 1. The predicted octanol–water partition coefficient (Wildman–Crippen LogP) is 2.73. The van der Waals surface area contributed by atoms with E-state index in [2.05, 4.69) is 20.9 Å². The Labute approximate surface area is 110 Å². The number of carbonyl (C=O) groups excluding carboxylic acids is 1. The van der Waals surface area contributed by atoms with Crippen LogP contribution in [0.15, 0.2) is 24.4 Å². The first-order valence-electron chi connectivity index (χ1n) is 5.15. The van der Waals surface area contributed by atoms with Crippen LogP contribution in [0.3, 0.4) is 0 Å². The molecule has 4 nitrogen and oxygen atoms in total. The van der Waals surface area contributed by atoms with Crippen LogP contribution in [0.4, 0.5) is 4.39 Å². The number of aromatic amines is 1. The lowest BCUT2D eigenvalue weighted by atomic mass is 10.1. The van der Waals surface area contributed by atoms with E-state index in [4.69, 9.17) is 5.11 Å². The van der Waals surface area contributed by atoms with E-state index in [-0.39, 0.29) is 12.2 Å². The fourth-order valence-corrected chi connectivity index (χ4v) is 2.24. The van der Waals surface area contributed by atoms with E-state index in [0.717, 1.165) is 0 Å². The van der Waals surface area contributed by atoms with Crippen molar-refractivity contribution in [1.82, 2.24) is 4.98 Å². The lowest BCUT2D eigenvalue weighted by Crippen LogP contribution is -2.17. The second kappa shape index (κ2) is 4.89. The minimum atomic E-state index is -1.06. The number of aliphatic carboxylic acids is 1. The number of nitrogens with one attached hydrogen (secondary N) is 1. The Hall–Kier alpha value is -1.69. The maximum Gasteiger partial charge on any atom is 0.304 e. The Balaban J connectivity index is 2.36. The lowest BCUT2D eigenvalue weighted by molar-refractivity contribution is -0.136. The summed E-state index contributed by atoms with van der Waals surface area (Å²) in [7, 11) is 0. The number of Topliss-reactive ketones (excluding diaryl/α,β-unsaturated/α-hetero) is 1. The molecule has 0 fully saturated rings. The van der Waals surface area contributed by atoms with Crippen LogP contribution in [-0.2, 0) is 4.79 Å². The molecule has 1 heterocycles. The number of rotatable bonds is 4. The molecule has 0 radical (unpaired) electrons. The van der Waals surface area contributed by atoms with Crippen LogP contribution in [0.1, 0.15) is 16.8 Å². The summed E-state index contributed by atoms with van der Waals surface area (Å²) in [6.45, 7) is 0. The molecular formula is C12H9BrFNO3. The number of benzene rings is 1. The van der Waals surface area contributed by atoms with Crippen LogP contribution in [0.5, 0.6) is 0 Å². The van der Waals surface area contributed by atoms with Gasteiger partial charge in [-0.25, -0.2) is 4.39 Å². The second-order valence-corrected chi connectivity index (χ2v) is 4.93. The van der Waals surface area contributed by atoms with Crippen LogP contribution in [0.2, 0.25) is 0 Å². The molecule has 94 valence electrons. The zero-order valence-corrected chi connectivity index (χ0v) is 10.7. The number of alkyl halides is 1. The monoisotopic (exact) mass is 313 g/mol. The van der Waals surface area contributed by atoms with Gasteiger partial charge in [-0.15, -0.1) is 0 Å². The van der Waals surface area contributed by atoms with Crippen molar-refractivity contribution in [2.75, 3.05) is 0 Å². The minimum absolute atomic E-state index is 0.299. The van der Waals surface area contributed by atoms with Crippen LogP contribution >= 0.6 is 15.9 Å². The summed E-state index contributed by atoms with van der Waals surface area (Å²) in [4.78, 5) is 24.6. The van der Waals surface area contributed by atoms with E-state index in [1.807, 2.05) is 0 Å². The number of hydrogen-bond acceptors (Lipinski definition) is 2. The first-order valence-corrected chi connectivity index (χ1v) is 6.07. The number of aromatic nitrogens is 1. The third-order valence-electron chi connectivity index (χ3n) is 2.55. The normalized spacial score (nSPS) is 12.6. The third kappa shape index (κ3) is 2.43. The van der Waals surface area contributed by atoms with Gasteiger partial charge in [0.15, 0.2) is 5.78 Å². The molecule has 1 atom stereocenters. The summed E-state index contributed by atoms with van der Waals surface area (Å²) in [6, 6.07) is 4.04. The van der Waals surface area contributed by atoms with Crippen molar-refractivity contribution in [3.8, 4) is 0 Å². The average Bonchev–Trinajstić information content (AvgIpc) is 2.69. The van der Waals surface area contributed by atoms with E-state index in [1.54, 1.807) is 0 Å².